The SMILES string of the molecule is CC[C@@H](C)N.CC[C@@H](C)O.CC[C@H](C)N.CC[C@H](C)O.C[C@@H]1CO1.C[C@H]1CO1. The average Bonchev–Trinajstić information content (AvgIpc) is 3.57. The molecule has 6 N–H and O–H groups in total. The van der Waals surface area contributed by atoms with Crippen molar-refractivity contribution in [2.24, 2.45) is 11.5 Å². The van der Waals surface area contributed by atoms with Crippen LogP contribution in [0, 0.1) is 0 Å². The highest BCUT2D eigenvalue weighted by atomic mass is 16.6. The Morgan fingerprint density at radius 2 is 0.786 bits per heavy atom. The molecule has 2 rings (SSSR count). The standard InChI is InChI=1S/2C4H11N.2C4H10O.2C3H6O/c4*1-3-4(2)5;2*1-3-2-4-3/h2*4H,3,5H2,1-2H3;2*4-5H,3H2,1-2H3;2*3H,2H2,1H3/t4*4-;2*3-/m101010/s1. The van der Waals surface area contributed by atoms with E-state index < -0.39 is 0 Å². The molecule has 2 saturated heterocycles. The lowest BCUT2D eigenvalue weighted by Crippen LogP contribution is -2.11. The summed E-state index contributed by atoms with van der Waals surface area (Å²) in [6, 6.07) is 0.769. The zero-order valence-electron chi connectivity index (χ0n) is 20.6. The molecule has 0 aromatic carbocycles. The summed E-state index contributed by atoms with van der Waals surface area (Å²) < 4.78 is 9.42. The molecule has 0 aliphatic carbocycles. The third-order valence-electron chi connectivity index (χ3n) is 3.47. The monoisotopic (exact) mass is 410 g/mol. The van der Waals surface area contributed by atoms with Gasteiger partial charge in [-0.05, 0) is 67.2 Å². The minimum atomic E-state index is -0.116. The first-order chi connectivity index (χ1) is 12.9. The lowest BCUT2D eigenvalue weighted by Gasteiger charge is -1.91. The van der Waals surface area contributed by atoms with E-state index in [9.17, 15) is 0 Å². The van der Waals surface area contributed by atoms with Gasteiger partial charge in [0.2, 0.25) is 0 Å². The third-order valence-corrected chi connectivity index (χ3v) is 3.47. The van der Waals surface area contributed by atoms with Crippen molar-refractivity contribution in [3.63, 3.8) is 0 Å². The molecule has 0 unspecified atom stereocenters. The number of nitrogens with two attached hydrogens (primary N) is 2. The first-order valence-electron chi connectivity index (χ1n) is 11.0. The van der Waals surface area contributed by atoms with Gasteiger partial charge in [-0.25, -0.2) is 0 Å². The Balaban J connectivity index is -0.000000123. The third kappa shape index (κ3) is 83.4. The smallest absolute Gasteiger partial charge is 0.0781 e. The second kappa shape index (κ2) is 26.8. The van der Waals surface area contributed by atoms with Crippen molar-refractivity contribution in [1.82, 2.24) is 0 Å². The molecule has 176 valence electrons. The number of ether oxygens (including phenoxy) is 2. The van der Waals surface area contributed by atoms with Crippen LogP contribution in [-0.2, 0) is 9.47 Å². The van der Waals surface area contributed by atoms with E-state index in [-0.39, 0.29) is 12.2 Å². The fourth-order valence-electron chi connectivity index (χ4n) is 0.192. The van der Waals surface area contributed by atoms with Crippen LogP contribution in [-0.4, -0.2) is 59.9 Å². The van der Waals surface area contributed by atoms with Crippen molar-refractivity contribution in [3.05, 3.63) is 0 Å². The van der Waals surface area contributed by atoms with Crippen molar-refractivity contribution >= 4 is 0 Å². The Morgan fingerprint density at radius 1 is 0.679 bits per heavy atom. The highest BCUT2D eigenvalue weighted by molar-refractivity contribution is 4.58. The topological polar surface area (TPSA) is 118 Å². The maximum Gasteiger partial charge on any atom is 0.0781 e. The number of aliphatic hydroxyl groups is 2. The normalized spacial score (nSPS) is 22.1. The first kappa shape index (κ1) is 35.2. The quantitative estimate of drug-likeness (QED) is 0.523. The summed E-state index contributed by atoms with van der Waals surface area (Å²) in [5.41, 5.74) is 10.6. The molecule has 28 heavy (non-hydrogen) atoms. The highest BCUT2D eigenvalue weighted by Gasteiger charge is 2.13. The molecule has 6 heteroatoms. The van der Waals surface area contributed by atoms with Crippen molar-refractivity contribution < 1.29 is 19.7 Å². The van der Waals surface area contributed by atoms with Crippen LogP contribution in [0.2, 0.25) is 0 Å². The Hall–Kier alpha value is -0.240. The van der Waals surface area contributed by atoms with Gasteiger partial charge in [0.05, 0.1) is 37.6 Å². The molecule has 6 atom stereocenters. The molecular weight excluding hydrogens is 356 g/mol. The fourth-order valence-corrected chi connectivity index (χ4v) is 0.192. The van der Waals surface area contributed by atoms with Crippen LogP contribution in [0.5, 0.6) is 0 Å². The Labute approximate surface area is 176 Å². The van der Waals surface area contributed by atoms with Gasteiger partial charge in [-0.3, -0.25) is 0 Å². The molecule has 2 fully saturated rings. The molecule has 2 heterocycles. The van der Waals surface area contributed by atoms with Gasteiger partial charge in [0.15, 0.2) is 0 Å². The lowest BCUT2D eigenvalue weighted by atomic mass is 10.3. The van der Waals surface area contributed by atoms with Crippen molar-refractivity contribution in [2.45, 2.75) is 131 Å². The van der Waals surface area contributed by atoms with Gasteiger partial charge in [-0.1, -0.05) is 27.7 Å². The summed E-state index contributed by atoms with van der Waals surface area (Å²) in [7, 11) is 0. The average molecular weight is 411 g/mol. The lowest BCUT2D eigenvalue weighted by molar-refractivity contribution is 0.190. The van der Waals surface area contributed by atoms with Crippen LogP contribution in [0.4, 0.5) is 0 Å². The Kier molecular flexibility index (Phi) is 33.7. The number of rotatable bonds is 4. The molecule has 0 aromatic rings. The van der Waals surface area contributed by atoms with Crippen LogP contribution in [0.15, 0.2) is 0 Å². The van der Waals surface area contributed by atoms with Gasteiger partial charge in [0, 0.05) is 12.1 Å². The van der Waals surface area contributed by atoms with Gasteiger partial charge in [0.1, 0.15) is 0 Å². The summed E-state index contributed by atoms with van der Waals surface area (Å²) >= 11 is 0. The maximum absolute atomic E-state index is 8.36. The van der Waals surface area contributed by atoms with Crippen LogP contribution < -0.4 is 11.5 Å². The van der Waals surface area contributed by atoms with E-state index >= 15 is 0 Å². The molecule has 0 radical (unpaired) electrons. The summed E-state index contributed by atoms with van der Waals surface area (Å²) in [5.74, 6) is 0. The predicted octanol–water partition coefficient (Wildman–Crippen LogP) is 3.85. The van der Waals surface area contributed by atoms with Crippen molar-refractivity contribution in [2.75, 3.05) is 13.2 Å². The van der Waals surface area contributed by atoms with Crippen molar-refractivity contribution in [1.29, 1.82) is 0 Å². The second-order valence-electron chi connectivity index (χ2n) is 7.57. The summed E-state index contributed by atoms with van der Waals surface area (Å²) in [6.07, 6.45) is 4.82. The van der Waals surface area contributed by atoms with Gasteiger partial charge >= 0.3 is 0 Å². The zero-order valence-corrected chi connectivity index (χ0v) is 20.6. The highest BCUT2D eigenvalue weighted by Crippen LogP contribution is 2.04. The second-order valence-corrected chi connectivity index (χ2v) is 7.57. The van der Waals surface area contributed by atoms with Crippen LogP contribution >= 0.6 is 0 Å². The van der Waals surface area contributed by atoms with Gasteiger partial charge in [-0.15, -0.1) is 0 Å². The van der Waals surface area contributed by atoms with Gasteiger partial charge < -0.3 is 31.2 Å². The molecule has 2 aliphatic rings. The van der Waals surface area contributed by atoms with E-state index in [2.05, 4.69) is 27.7 Å². The summed E-state index contributed by atoms with van der Waals surface area (Å²) in [6.45, 7) is 21.7. The van der Waals surface area contributed by atoms with E-state index in [4.69, 9.17) is 31.2 Å². The molecule has 2 aliphatic heterocycles. The van der Waals surface area contributed by atoms with Crippen LogP contribution in [0.1, 0.15) is 94.9 Å². The van der Waals surface area contributed by atoms with E-state index in [1.807, 2.05) is 27.7 Å². The Morgan fingerprint density at radius 3 is 0.786 bits per heavy atom. The van der Waals surface area contributed by atoms with E-state index in [0.29, 0.717) is 24.3 Å². The largest absolute Gasteiger partial charge is 0.393 e. The first-order valence-corrected chi connectivity index (χ1v) is 11.0. The molecule has 0 spiro atoms. The fraction of sp³-hybridized carbons (Fsp3) is 1.00. The number of hydrogen-bond donors (Lipinski definition) is 4. The zero-order chi connectivity index (χ0) is 23.1. The van der Waals surface area contributed by atoms with Gasteiger partial charge in [0.25, 0.3) is 0 Å². The van der Waals surface area contributed by atoms with Crippen LogP contribution in [0.25, 0.3) is 0 Å². The van der Waals surface area contributed by atoms with E-state index in [1.54, 1.807) is 13.8 Å². The molecule has 0 amide bonds. The molecule has 0 bridgehead atoms. The molecule has 0 aromatic heterocycles. The van der Waals surface area contributed by atoms with Crippen LogP contribution in [0.3, 0.4) is 0 Å². The molecule has 0 saturated carbocycles. The minimum absolute atomic E-state index is 0.116. The predicted molar refractivity (Wildman–Crippen MR) is 123 cm³/mol. The van der Waals surface area contributed by atoms with E-state index in [1.165, 1.54) is 0 Å². The minimum Gasteiger partial charge on any atom is -0.393 e. The maximum atomic E-state index is 8.36. The molecular formula is C22H54N2O4. The number of aliphatic hydroxyl groups excluding tert-OH is 2. The summed E-state index contributed by atoms with van der Waals surface area (Å²) in [5, 5.41) is 16.7. The van der Waals surface area contributed by atoms with E-state index in [0.717, 1.165) is 38.9 Å². The molecule has 6 nitrogen and oxygen atoms in total. The number of epoxide rings is 2. The summed E-state index contributed by atoms with van der Waals surface area (Å²) in [4.78, 5) is 0. The van der Waals surface area contributed by atoms with Gasteiger partial charge in [-0.2, -0.15) is 0 Å². The Bertz CT molecular complexity index is 213. The van der Waals surface area contributed by atoms with Crippen molar-refractivity contribution in [3.8, 4) is 0 Å². The number of hydrogen-bond acceptors (Lipinski definition) is 6.